The molecule has 8 rings (SSSR count). The second-order valence-electron chi connectivity index (χ2n) is 18.1. The van der Waals surface area contributed by atoms with E-state index in [0.29, 0.717) is 24.7 Å². The first kappa shape index (κ1) is 38.4. The lowest BCUT2D eigenvalue weighted by Gasteiger charge is -2.35. The summed E-state index contributed by atoms with van der Waals surface area (Å²) in [5.74, 6) is -4.75. The smallest absolute Gasteiger partial charge is 0.248 e. The molecule has 8 nitrogen and oxygen atoms in total. The number of benzene rings is 2. The Balaban J connectivity index is 0.938. The van der Waals surface area contributed by atoms with Gasteiger partial charge in [-0.3, -0.25) is 9.59 Å². The van der Waals surface area contributed by atoms with Gasteiger partial charge in [-0.1, -0.05) is 76.2 Å². The zero-order valence-electron chi connectivity index (χ0n) is 32.7. The quantitative estimate of drug-likeness (QED) is 0.183. The summed E-state index contributed by atoms with van der Waals surface area (Å²) < 4.78 is 55.3. The van der Waals surface area contributed by atoms with Gasteiger partial charge in [-0.25, -0.2) is 27.5 Å². The first-order chi connectivity index (χ1) is 26.5. The zero-order chi connectivity index (χ0) is 39.6. The maximum absolute atomic E-state index is 13.8. The molecule has 2 saturated carbocycles. The van der Waals surface area contributed by atoms with E-state index in [9.17, 15) is 27.2 Å². The van der Waals surface area contributed by atoms with Crippen LogP contribution in [-0.2, 0) is 9.59 Å². The molecule has 12 heteroatoms. The molecule has 4 aliphatic rings. The van der Waals surface area contributed by atoms with Gasteiger partial charge in [-0.05, 0) is 71.6 Å². The van der Waals surface area contributed by atoms with Crippen LogP contribution >= 0.6 is 0 Å². The number of nitrogens with zero attached hydrogens (tertiary/aromatic N) is 4. The number of alkyl halides is 4. The van der Waals surface area contributed by atoms with Gasteiger partial charge in [0.15, 0.2) is 0 Å². The number of nitrogens with one attached hydrogen (secondary N) is 2. The average molecular weight is 773 g/mol. The fourth-order valence-electron chi connectivity index (χ4n) is 9.68. The molecule has 0 radical (unpaired) electrons. The van der Waals surface area contributed by atoms with E-state index in [1.54, 1.807) is 12.4 Å². The van der Waals surface area contributed by atoms with E-state index in [1.807, 2.05) is 34.1 Å². The number of rotatable bonds is 7. The van der Waals surface area contributed by atoms with Crippen LogP contribution in [0.4, 0.5) is 17.6 Å². The largest absolute Gasteiger partial charge is 0.340 e. The van der Waals surface area contributed by atoms with Gasteiger partial charge in [0.05, 0.1) is 35.9 Å². The van der Waals surface area contributed by atoms with E-state index in [1.165, 1.54) is 0 Å². The molecule has 2 aliphatic heterocycles. The number of amides is 2. The van der Waals surface area contributed by atoms with Gasteiger partial charge in [0.1, 0.15) is 11.6 Å². The zero-order valence-corrected chi connectivity index (χ0v) is 32.7. The van der Waals surface area contributed by atoms with Crippen LogP contribution in [0.25, 0.3) is 33.6 Å². The predicted octanol–water partition coefficient (Wildman–Crippen LogP) is 10.4. The predicted molar refractivity (Wildman–Crippen MR) is 207 cm³/mol. The Morgan fingerprint density at radius 3 is 1.21 bits per heavy atom. The molecule has 2 aromatic heterocycles. The lowest BCUT2D eigenvalue weighted by atomic mass is 9.83. The number of H-pyrrole nitrogens is 2. The second-order valence-corrected chi connectivity index (χ2v) is 18.1. The number of hydrogen-bond donors (Lipinski definition) is 2. The highest BCUT2D eigenvalue weighted by molar-refractivity contribution is 5.81. The van der Waals surface area contributed by atoms with Crippen molar-refractivity contribution in [2.75, 3.05) is 13.1 Å². The highest BCUT2D eigenvalue weighted by atomic mass is 19.3. The lowest BCUT2D eigenvalue weighted by Crippen LogP contribution is -2.41. The Labute approximate surface area is 325 Å². The third kappa shape index (κ3) is 7.40. The fourth-order valence-corrected chi connectivity index (χ4v) is 9.68. The van der Waals surface area contributed by atoms with Crippen LogP contribution in [0, 0.1) is 22.7 Å². The molecule has 2 aliphatic carbocycles. The van der Waals surface area contributed by atoms with Crippen LogP contribution in [0.3, 0.4) is 0 Å². The van der Waals surface area contributed by atoms with Crippen molar-refractivity contribution in [3.05, 3.63) is 72.6 Å². The van der Waals surface area contributed by atoms with E-state index in [2.05, 4.69) is 61.9 Å². The topological polar surface area (TPSA) is 98.0 Å². The standard InChI is InChI=1S/C44H52F4N6O2/c1-41(2)21-23-53(39(55)31-13-17-43(45,46)18-14-31)35(41)37-49-25-33(51-37)29-9-5-27(6-10-29)28-7-11-30(12-8-28)34-26-50-38(52-34)36-42(3,4)22-24-54(36)40(56)32-15-19-44(47,48)20-16-32/h5-12,25-26,31-32,35-36H,13-24H2,1-4H3,(H,49,51)(H,50,52)/t35-,36+. The van der Waals surface area contributed by atoms with E-state index < -0.39 is 11.8 Å². The van der Waals surface area contributed by atoms with Crippen LogP contribution in [0.1, 0.15) is 116 Å². The number of hydrogen-bond acceptors (Lipinski definition) is 4. The van der Waals surface area contributed by atoms with Gasteiger partial charge in [-0.15, -0.1) is 0 Å². The molecule has 2 amide bonds. The lowest BCUT2D eigenvalue weighted by molar-refractivity contribution is -0.142. The summed E-state index contributed by atoms with van der Waals surface area (Å²) in [5.41, 5.74) is 5.25. The number of aromatic amines is 2. The Bertz CT molecular complexity index is 1900. The summed E-state index contributed by atoms with van der Waals surface area (Å²) in [4.78, 5) is 47.4. The molecule has 2 aromatic carbocycles. The van der Waals surface area contributed by atoms with Crippen molar-refractivity contribution in [3.8, 4) is 33.6 Å². The SMILES string of the molecule is CC1(C)CCN(C(=O)C2CCC(F)(F)CC2)[C@H]1c1ncc(-c2ccc(-c3ccc(-c4cnc([C@H]5N(C(=O)C6CCC(F)(F)CC6)CCC5(C)C)[nH]4)cc3)cc2)[nH]1. The molecule has 0 bridgehead atoms. The molecule has 4 heterocycles. The van der Waals surface area contributed by atoms with Gasteiger partial charge in [0.25, 0.3) is 0 Å². The molecule has 298 valence electrons. The maximum atomic E-state index is 13.8. The van der Waals surface area contributed by atoms with Crippen molar-refractivity contribution in [3.63, 3.8) is 0 Å². The summed E-state index contributed by atoms with van der Waals surface area (Å²) in [7, 11) is 0. The summed E-state index contributed by atoms with van der Waals surface area (Å²) in [5, 5.41) is 0. The van der Waals surface area contributed by atoms with Gasteiger partial charge in [0, 0.05) is 50.6 Å². The third-order valence-electron chi connectivity index (χ3n) is 13.2. The van der Waals surface area contributed by atoms with Crippen molar-refractivity contribution in [2.24, 2.45) is 22.7 Å². The summed E-state index contributed by atoms with van der Waals surface area (Å²) in [6.45, 7) is 9.70. The maximum Gasteiger partial charge on any atom is 0.248 e. The molecular formula is C44H52F4N6O2. The van der Waals surface area contributed by atoms with Gasteiger partial charge >= 0.3 is 0 Å². The monoisotopic (exact) mass is 772 g/mol. The first-order valence-corrected chi connectivity index (χ1v) is 20.2. The van der Waals surface area contributed by atoms with E-state index in [-0.39, 0.29) is 97.9 Å². The summed E-state index contributed by atoms with van der Waals surface area (Å²) >= 11 is 0. The minimum Gasteiger partial charge on any atom is -0.340 e. The van der Waals surface area contributed by atoms with Crippen LogP contribution in [0.15, 0.2) is 60.9 Å². The van der Waals surface area contributed by atoms with Gasteiger partial charge in [0.2, 0.25) is 23.7 Å². The number of halogens is 4. The van der Waals surface area contributed by atoms with Crippen LogP contribution in [-0.4, -0.2) is 66.5 Å². The Morgan fingerprint density at radius 1 is 0.554 bits per heavy atom. The highest BCUT2D eigenvalue weighted by Gasteiger charge is 2.49. The van der Waals surface area contributed by atoms with Crippen LogP contribution < -0.4 is 0 Å². The normalized spacial score (nSPS) is 24.8. The third-order valence-corrected chi connectivity index (χ3v) is 13.2. The molecule has 0 unspecified atom stereocenters. The Kier molecular flexibility index (Phi) is 9.71. The molecule has 4 fully saturated rings. The summed E-state index contributed by atoms with van der Waals surface area (Å²) in [6, 6.07) is 15.9. The first-order valence-electron chi connectivity index (χ1n) is 20.2. The Morgan fingerprint density at radius 2 is 0.875 bits per heavy atom. The molecule has 2 saturated heterocycles. The van der Waals surface area contributed by atoms with Crippen LogP contribution in [0.5, 0.6) is 0 Å². The van der Waals surface area contributed by atoms with Crippen molar-refractivity contribution >= 4 is 11.8 Å². The van der Waals surface area contributed by atoms with Crippen LogP contribution in [0.2, 0.25) is 0 Å². The Hall–Kier alpha value is -4.48. The number of carbonyl (C=O) groups excluding carboxylic acids is 2. The second kappa shape index (κ2) is 14.2. The molecule has 4 aromatic rings. The van der Waals surface area contributed by atoms with Crippen molar-refractivity contribution in [2.45, 2.75) is 116 Å². The average Bonchev–Trinajstić information content (AvgIpc) is 3.96. The number of likely N-dealkylation sites (tertiary alicyclic amines) is 2. The molecule has 0 spiro atoms. The number of carbonyl (C=O) groups is 2. The molecule has 2 N–H and O–H groups in total. The highest BCUT2D eigenvalue weighted by Crippen LogP contribution is 2.49. The minimum absolute atomic E-state index is 0.0401. The van der Waals surface area contributed by atoms with Crippen molar-refractivity contribution in [1.82, 2.24) is 29.7 Å². The molecule has 2 atom stereocenters. The summed E-state index contributed by atoms with van der Waals surface area (Å²) in [6.07, 6.45) is 5.15. The van der Waals surface area contributed by atoms with E-state index >= 15 is 0 Å². The number of imidazole rings is 2. The van der Waals surface area contributed by atoms with Gasteiger partial charge in [-0.2, -0.15) is 0 Å². The van der Waals surface area contributed by atoms with E-state index in [0.717, 1.165) is 46.5 Å². The number of aromatic nitrogens is 4. The van der Waals surface area contributed by atoms with Crippen molar-refractivity contribution < 1.29 is 27.2 Å². The fraction of sp³-hybridized carbons (Fsp3) is 0.545. The molecular weight excluding hydrogens is 721 g/mol. The van der Waals surface area contributed by atoms with Gasteiger partial charge < -0.3 is 19.8 Å². The van der Waals surface area contributed by atoms with Crippen molar-refractivity contribution in [1.29, 1.82) is 0 Å². The molecule has 56 heavy (non-hydrogen) atoms. The minimum atomic E-state index is -2.68. The van der Waals surface area contributed by atoms with E-state index in [4.69, 9.17) is 9.97 Å².